The zero-order valence-corrected chi connectivity index (χ0v) is 16.9. The van der Waals surface area contributed by atoms with E-state index in [-0.39, 0.29) is 5.91 Å². The lowest BCUT2D eigenvalue weighted by Crippen LogP contribution is -2.48. The van der Waals surface area contributed by atoms with Crippen LogP contribution in [-0.2, 0) is 6.54 Å². The van der Waals surface area contributed by atoms with Crippen LogP contribution in [0.5, 0.6) is 11.5 Å². The summed E-state index contributed by atoms with van der Waals surface area (Å²) in [5, 5.41) is 1.10. The Balaban J connectivity index is 1.64. The number of carbonyl (C=O) groups is 1. The van der Waals surface area contributed by atoms with Gasteiger partial charge in [0.15, 0.2) is 11.5 Å². The lowest BCUT2D eigenvalue weighted by Gasteiger charge is -2.35. The van der Waals surface area contributed by atoms with Crippen molar-refractivity contribution in [1.29, 1.82) is 0 Å². The largest absolute Gasteiger partial charge is 0.493 e. The quantitative estimate of drug-likeness (QED) is 0.750. The zero-order valence-electron chi connectivity index (χ0n) is 15.4. The predicted molar refractivity (Wildman–Crippen MR) is 107 cm³/mol. The minimum Gasteiger partial charge on any atom is -0.493 e. The van der Waals surface area contributed by atoms with Crippen molar-refractivity contribution in [2.75, 3.05) is 40.4 Å². The Morgan fingerprint density at radius 1 is 1.04 bits per heavy atom. The van der Waals surface area contributed by atoms with E-state index in [4.69, 9.17) is 32.7 Å². The molecule has 0 bridgehead atoms. The van der Waals surface area contributed by atoms with Crippen LogP contribution in [0.15, 0.2) is 36.4 Å². The summed E-state index contributed by atoms with van der Waals surface area (Å²) in [6, 6.07) is 11.2. The van der Waals surface area contributed by atoms with E-state index in [0.29, 0.717) is 35.2 Å². The summed E-state index contributed by atoms with van der Waals surface area (Å²) in [4.78, 5) is 17.0. The normalized spacial score (nSPS) is 14.9. The molecule has 27 heavy (non-hydrogen) atoms. The predicted octanol–water partition coefficient (Wildman–Crippen LogP) is 3.97. The molecule has 1 saturated heterocycles. The van der Waals surface area contributed by atoms with Crippen molar-refractivity contribution in [3.63, 3.8) is 0 Å². The average Bonchev–Trinajstić information content (AvgIpc) is 2.67. The number of halogens is 2. The first kappa shape index (κ1) is 19.8. The standard InChI is InChI=1S/C20H22Cl2N2O3/c1-26-18-12-15(11-17(22)19(18)27-2)20(25)24-8-6-23(7-9-24)13-14-4-3-5-16(21)10-14/h3-5,10-12H,6-9,13H2,1-2H3. The molecule has 144 valence electrons. The molecule has 0 aromatic heterocycles. The summed E-state index contributed by atoms with van der Waals surface area (Å²) >= 11 is 12.3. The monoisotopic (exact) mass is 408 g/mol. The second kappa shape index (κ2) is 8.83. The third-order valence-corrected chi connectivity index (χ3v) is 5.15. The average molecular weight is 409 g/mol. The van der Waals surface area contributed by atoms with Crippen LogP contribution < -0.4 is 9.47 Å². The maximum atomic E-state index is 12.9. The fourth-order valence-electron chi connectivity index (χ4n) is 3.23. The van der Waals surface area contributed by atoms with Crippen LogP contribution in [0.3, 0.4) is 0 Å². The van der Waals surface area contributed by atoms with Gasteiger partial charge >= 0.3 is 0 Å². The molecule has 1 fully saturated rings. The van der Waals surface area contributed by atoms with Gasteiger partial charge in [-0.15, -0.1) is 0 Å². The maximum Gasteiger partial charge on any atom is 0.254 e. The first-order chi connectivity index (χ1) is 13.0. The Kier molecular flexibility index (Phi) is 6.47. The van der Waals surface area contributed by atoms with E-state index in [1.807, 2.05) is 23.1 Å². The summed E-state index contributed by atoms with van der Waals surface area (Å²) in [6.45, 7) is 3.75. The number of rotatable bonds is 5. The Bertz CT molecular complexity index is 821. The summed E-state index contributed by atoms with van der Waals surface area (Å²) < 4.78 is 10.5. The molecule has 5 nitrogen and oxygen atoms in total. The summed E-state index contributed by atoms with van der Waals surface area (Å²) in [5.41, 5.74) is 1.68. The molecule has 0 unspecified atom stereocenters. The van der Waals surface area contributed by atoms with E-state index in [9.17, 15) is 4.79 Å². The fraction of sp³-hybridized carbons (Fsp3) is 0.350. The number of piperazine rings is 1. The topological polar surface area (TPSA) is 42.0 Å². The molecule has 1 amide bonds. The second-order valence-electron chi connectivity index (χ2n) is 6.39. The smallest absolute Gasteiger partial charge is 0.254 e. The van der Waals surface area contributed by atoms with Crippen LogP contribution in [-0.4, -0.2) is 56.1 Å². The highest BCUT2D eigenvalue weighted by atomic mass is 35.5. The highest BCUT2D eigenvalue weighted by molar-refractivity contribution is 6.32. The number of carbonyl (C=O) groups excluding carboxylic acids is 1. The van der Waals surface area contributed by atoms with E-state index < -0.39 is 0 Å². The number of hydrogen-bond acceptors (Lipinski definition) is 4. The molecular weight excluding hydrogens is 387 g/mol. The summed E-state index contributed by atoms with van der Waals surface area (Å²) in [7, 11) is 3.04. The zero-order chi connectivity index (χ0) is 19.4. The first-order valence-corrected chi connectivity index (χ1v) is 9.45. The van der Waals surface area contributed by atoms with Crippen molar-refractivity contribution in [1.82, 2.24) is 9.80 Å². The Morgan fingerprint density at radius 2 is 1.78 bits per heavy atom. The van der Waals surface area contributed by atoms with Crippen molar-refractivity contribution in [3.05, 3.63) is 57.6 Å². The molecule has 1 heterocycles. The third kappa shape index (κ3) is 4.67. The summed E-state index contributed by atoms with van der Waals surface area (Å²) in [5.74, 6) is 0.829. The van der Waals surface area contributed by atoms with E-state index >= 15 is 0 Å². The van der Waals surface area contributed by atoms with Gasteiger partial charge in [0, 0.05) is 43.3 Å². The SMILES string of the molecule is COc1cc(C(=O)N2CCN(Cc3cccc(Cl)c3)CC2)cc(Cl)c1OC. The molecule has 0 radical (unpaired) electrons. The maximum absolute atomic E-state index is 12.9. The van der Waals surface area contributed by atoms with Crippen LogP contribution in [0.25, 0.3) is 0 Å². The Labute approximate surface area is 169 Å². The van der Waals surface area contributed by atoms with Crippen LogP contribution in [0, 0.1) is 0 Å². The van der Waals surface area contributed by atoms with Gasteiger partial charge < -0.3 is 14.4 Å². The molecule has 0 N–H and O–H groups in total. The van der Waals surface area contributed by atoms with Gasteiger partial charge in [-0.25, -0.2) is 0 Å². The number of methoxy groups -OCH3 is 2. The minimum atomic E-state index is -0.0553. The van der Waals surface area contributed by atoms with Gasteiger partial charge in [-0.05, 0) is 29.8 Å². The number of ether oxygens (including phenoxy) is 2. The number of hydrogen-bond donors (Lipinski definition) is 0. The van der Waals surface area contributed by atoms with Crippen molar-refractivity contribution in [3.8, 4) is 11.5 Å². The molecule has 7 heteroatoms. The molecule has 3 rings (SSSR count). The van der Waals surface area contributed by atoms with E-state index in [0.717, 1.165) is 24.7 Å². The lowest BCUT2D eigenvalue weighted by atomic mass is 10.1. The van der Waals surface area contributed by atoms with Gasteiger partial charge in [-0.3, -0.25) is 9.69 Å². The highest BCUT2D eigenvalue weighted by Crippen LogP contribution is 2.36. The number of amides is 1. The van der Waals surface area contributed by atoms with Crippen molar-refractivity contribution in [2.24, 2.45) is 0 Å². The van der Waals surface area contributed by atoms with Crippen molar-refractivity contribution in [2.45, 2.75) is 6.54 Å². The van der Waals surface area contributed by atoms with Gasteiger partial charge in [0.05, 0.1) is 19.2 Å². The van der Waals surface area contributed by atoms with Crippen LogP contribution in [0.1, 0.15) is 15.9 Å². The van der Waals surface area contributed by atoms with Gasteiger partial charge in [0.25, 0.3) is 5.91 Å². The van der Waals surface area contributed by atoms with Gasteiger partial charge in [0.2, 0.25) is 0 Å². The van der Waals surface area contributed by atoms with Crippen molar-refractivity contribution >= 4 is 29.1 Å². The van der Waals surface area contributed by atoms with Crippen LogP contribution in [0.4, 0.5) is 0 Å². The molecule has 1 aliphatic heterocycles. The van der Waals surface area contributed by atoms with Crippen LogP contribution >= 0.6 is 23.2 Å². The molecular formula is C20H22Cl2N2O3. The van der Waals surface area contributed by atoms with Gasteiger partial charge in [0.1, 0.15) is 0 Å². The minimum absolute atomic E-state index is 0.0553. The van der Waals surface area contributed by atoms with E-state index in [1.54, 1.807) is 12.1 Å². The van der Waals surface area contributed by atoms with Crippen LogP contribution in [0.2, 0.25) is 10.0 Å². The Hall–Kier alpha value is -1.95. The van der Waals surface area contributed by atoms with Gasteiger partial charge in [-0.1, -0.05) is 35.3 Å². The molecule has 0 aliphatic carbocycles. The molecule has 2 aromatic rings. The van der Waals surface area contributed by atoms with E-state index in [1.165, 1.54) is 19.8 Å². The number of benzene rings is 2. The summed E-state index contributed by atoms with van der Waals surface area (Å²) in [6.07, 6.45) is 0. The Morgan fingerprint density at radius 3 is 2.41 bits per heavy atom. The highest BCUT2D eigenvalue weighted by Gasteiger charge is 2.24. The fourth-order valence-corrected chi connectivity index (χ4v) is 3.73. The van der Waals surface area contributed by atoms with Crippen molar-refractivity contribution < 1.29 is 14.3 Å². The first-order valence-electron chi connectivity index (χ1n) is 8.69. The molecule has 0 saturated carbocycles. The molecule has 1 aliphatic rings. The van der Waals surface area contributed by atoms with E-state index in [2.05, 4.69) is 11.0 Å². The van der Waals surface area contributed by atoms with Gasteiger partial charge in [-0.2, -0.15) is 0 Å². The molecule has 2 aromatic carbocycles. The lowest BCUT2D eigenvalue weighted by molar-refractivity contribution is 0.0628. The number of nitrogens with zero attached hydrogens (tertiary/aromatic N) is 2. The third-order valence-electron chi connectivity index (χ3n) is 4.64. The second-order valence-corrected chi connectivity index (χ2v) is 7.24. The molecule has 0 atom stereocenters. The molecule has 0 spiro atoms.